The van der Waals surface area contributed by atoms with Crippen LogP contribution in [-0.2, 0) is 23.8 Å². The number of carbonyl (C=O) groups is 2. The molecule has 13 nitrogen and oxygen atoms in total. The number of aliphatic carboxylic acids is 1. The van der Waals surface area contributed by atoms with Crippen LogP contribution in [0, 0.1) is 11.3 Å². The van der Waals surface area contributed by atoms with Gasteiger partial charge in [0.25, 0.3) is 0 Å². The van der Waals surface area contributed by atoms with Crippen molar-refractivity contribution >= 4 is 11.9 Å². The Kier molecular flexibility index (Phi) is 8.55. The fourth-order valence-electron chi connectivity index (χ4n) is 6.41. The highest BCUT2D eigenvalue weighted by Gasteiger charge is 2.64. The number of carboxylic acid groups (broad SMARTS) is 1. The van der Waals surface area contributed by atoms with Crippen molar-refractivity contribution in [2.75, 3.05) is 13.7 Å². The van der Waals surface area contributed by atoms with E-state index < -0.39 is 84.8 Å². The first-order chi connectivity index (χ1) is 18.4. The minimum Gasteiger partial charge on any atom is -0.479 e. The van der Waals surface area contributed by atoms with Gasteiger partial charge < -0.3 is 54.4 Å². The van der Waals surface area contributed by atoms with Gasteiger partial charge in [-0.3, -0.25) is 0 Å². The molecule has 0 bridgehead atoms. The second-order valence-corrected chi connectivity index (χ2v) is 10.8. The lowest BCUT2D eigenvalue weighted by Crippen LogP contribution is -2.65. The van der Waals surface area contributed by atoms with Crippen molar-refractivity contribution in [3.8, 4) is 0 Å². The molecule has 0 unspecified atom stereocenters. The van der Waals surface area contributed by atoms with Crippen molar-refractivity contribution in [1.29, 1.82) is 0 Å². The van der Waals surface area contributed by atoms with Crippen LogP contribution in [0.2, 0.25) is 0 Å². The van der Waals surface area contributed by atoms with Gasteiger partial charge in [0.05, 0.1) is 38.5 Å². The first-order valence-corrected chi connectivity index (χ1v) is 12.8. The van der Waals surface area contributed by atoms with E-state index >= 15 is 0 Å². The van der Waals surface area contributed by atoms with E-state index in [4.69, 9.17) is 18.6 Å². The van der Waals surface area contributed by atoms with Crippen LogP contribution in [-0.4, -0.2) is 104 Å². The highest BCUT2D eigenvalue weighted by molar-refractivity contribution is 5.90. The molecule has 1 saturated heterocycles. The molecule has 1 aromatic heterocycles. The smallest absolute Gasteiger partial charge is 0.336 e. The quantitative estimate of drug-likeness (QED) is 0.199. The largest absolute Gasteiger partial charge is 0.479 e. The predicted octanol–water partition coefficient (Wildman–Crippen LogP) is -0.616. The monoisotopic (exact) mass is 556 g/mol. The van der Waals surface area contributed by atoms with E-state index in [1.165, 1.54) is 25.7 Å². The van der Waals surface area contributed by atoms with Crippen molar-refractivity contribution in [1.82, 2.24) is 0 Å². The minimum atomic E-state index is -2.48. The van der Waals surface area contributed by atoms with Crippen molar-refractivity contribution in [2.24, 2.45) is 11.3 Å². The number of aliphatic hydroxyl groups excluding tert-OH is 5. The third kappa shape index (κ3) is 5.02. The van der Waals surface area contributed by atoms with Gasteiger partial charge in [-0.1, -0.05) is 6.92 Å². The molecule has 0 amide bonds. The molecule has 2 fully saturated rings. The van der Waals surface area contributed by atoms with E-state index in [1.807, 2.05) is 0 Å². The van der Waals surface area contributed by atoms with Crippen molar-refractivity contribution < 1.29 is 64.0 Å². The number of methoxy groups -OCH3 is 1. The maximum atomic E-state index is 12.9. The zero-order valence-corrected chi connectivity index (χ0v) is 21.7. The van der Waals surface area contributed by atoms with Gasteiger partial charge in [-0.05, 0) is 43.2 Å². The number of furan rings is 1. The maximum Gasteiger partial charge on any atom is 0.336 e. The highest BCUT2D eigenvalue weighted by Crippen LogP contribution is 2.59. The lowest BCUT2D eigenvalue weighted by atomic mass is 9.51. The summed E-state index contributed by atoms with van der Waals surface area (Å²) in [6.07, 6.45) is -7.67. The van der Waals surface area contributed by atoms with Gasteiger partial charge in [0.1, 0.15) is 24.4 Å². The van der Waals surface area contributed by atoms with E-state index in [0.717, 1.165) is 0 Å². The van der Waals surface area contributed by atoms with Crippen LogP contribution in [0.3, 0.4) is 0 Å². The highest BCUT2D eigenvalue weighted by atomic mass is 16.7. The third-order valence-corrected chi connectivity index (χ3v) is 8.66. The lowest BCUT2D eigenvalue weighted by molar-refractivity contribution is -0.315. The third-order valence-electron chi connectivity index (χ3n) is 8.66. The first-order valence-electron chi connectivity index (χ1n) is 12.8. The van der Waals surface area contributed by atoms with Crippen molar-refractivity contribution in [3.05, 3.63) is 35.3 Å². The maximum absolute atomic E-state index is 12.9. The first kappa shape index (κ1) is 29.6. The zero-order chi connectivity index (χ0) is 28.7. The standard InChI is InChI=1S/C26H36O13/c1-25(8-15(28)12-6-7-37-11-12)14-5-3-4-13(22(32)36-2)18(14)16(9-26(25,35)24(33)34)38-23-21(31)20(30)19(29)17(10-27)39-23/h6-7,11,14-17,19-21,23,27-31,35H,3-5,8-10H2,1-2H3,(H,33,34)/t14-,15+,16+,17-,19-,20-,21+,23+,25+,26+/m1/s1. The molecule has 0 spiro atoms. The van der Waals surface area contributed by atoms with Gasteiger partial charge in [0, 0.05) is 23.0 Å². The second kappa shape index (κ2) is 11.3. The van der Waals surface area contributed by atoms with Crippen LogP contribution >= 0.6 is 0 Å². The summed E-state index contributed by atoms with van der Waals surface area (Å²) in [5.74, 6) is -3.03. The Labute approximate surface area is 224 Å². The Bertz CT molecular complexity index is 1070. The summed E-state index contributed by atoms with van der Waals surface area (Å²) in [5, 5.41) is 73.6. The summed E-state index contributed by atoms with van der Waals surface area (Å²) >= 11 is 0. The summed E-state index contributed by atoms with van der Waals surface area (Å²) in [6.45, 7) is 0.830. The normalized spacial score (nSPS) is 39.6. The van der Waals surface area contributed by atoms with Crippen LogP contribution in [0.5, 0.6) is 0 Å². The van der Waals surface area contributed by atoms with Gasteiger partial charge in [0.15, 0.2) is 11.9 Å². The Morgan fingerprint density at radius 3 is 2.51 bits per heavy atom. The average molecular weight is 557 g/mol. The Balaban J connectivity index is 1.80. The molecule has 13 heteroatoms. The molecule has 7 N–H and O–H groups in total. The molecule has 3 aliphatic rings. The molecule has 4 rings (SSSR count). The molecule has 0 aromatic carbocycles. The van der Waals surface area contributed by atoms with Gasteiger partial charge in [0.2, 0.25) is 0 Å². The van der Waals surface area contributed by atoms with E-state index in [0.29, 0.717) is 24.0 Å². The second-order valence-electron chi connectivity index (χ2n) is 10.8. The topological polar surface area (TPSA) is 217 Å². The Hall–Kier alpha value is -2.36. The molecule has 1 aliphatic heterocycles. The zero-order valence-electron chi connectivity index (χ0n) is 21.7. The number of ether oxygens (including phenoxy) is 3. The number of fused-ring (bicyclic) bond motifs is 1. The van der Waals surface area contributed by atoms with Crippen molar-refractivity contribution in [2.45, 2.75) is 87.5 Å². The fourth-order valence-corrected chi connectivity index (χ4v) is 6.41. The van der Waals surface area contributed by atoms with Crippen molar-refractivity contribution in [3.63, 3.8) is 0 Å². The van der Waals surface area contributed by atoms with Crippen LogP contribution < -0.4 is 0 Å². The minimum absolute atomic E-state index is 0.204. The number of esters is 1. The molecule has 10 atom stereocenters. The Morgan fingerprint density at radius 1 is 1.21 bits per heavy atom. The number of hydrogen-bond acceptors (Lipinski definition) is 12. The number of carbonyl (C=O) groups excluding carboxylic acids is 1. The molecular weight excluding hydrogens is 520 g/mol. The number of aliphatic hydroxyl groups is 6. The molecule has 218 valence electrons. The number of hydrogen-bond donors (Lipinski definition) is 7. The predicted molar refractivity (Wildman–Crippen MR) is 129 cm³/mol. The molecule has 2 aliphatic carbocycles. The van der Waals surface area contributed by atoms with E-state index in [9.17, 15) is 45.3 Å². The molecule has 0 radical (unpaired) electrons. The summed E-state index contributed by atoms with van der Waals surface area (Å²) in [4.78, 5) is 25.6. The lowest BCUT2D eigenvalue weighted by Gasteiger charge is -2.56. The van der Waals surface area contributed by atoms with Crippen LogP contribution in [0.1, 0.15) is 50.7 Å². The SMILES string of the molecule is COC(=O)C1=C2[C@@H](O[C@H]3O[C@H](CO)[C@@H](O)[C@@H](O)[C@@H]3O)C[C@](O)(C(=O)O)[C@@](C)(C[C@H](O)c3ccoc3)[C@@H]2CCC1. The fraction of sp³-hybridized carbons (Fsp3) is 0.692. The van der Waals surface area contributed by atoms with Gasteiger partial charge in [-0.2, -0.15) is 0 Å². The average Bonchev–Trinajstić information content (AvgIpc) is 3.46. The van der Waals surface area contributed by atoms with Gasteiger partial charge >= 0.3 is 11.9 Å². The molecular formula is C26H36O13. The van der Waals surface area contributed by atoms with E-state index in [-0.39, 0.29) is 18.4 Å². The number of rotatable bonds is 8. The summed E-state index contributed by atoms with van der Waals surface area (Å²) in [6, 6.07) is 1.53. The number of carboxylic acids is 1. The van der Waals surface area contributed by atoms with Gasteiger partial charge in [-0.15, -0.1) is 0 Å². The molecule has 39 heavy (non-hydrogen) atoms. The van der Waals surface area contributed by atoms with E-state index in [1.54, 1.807) is 6.92 Å². The summed E-state index contributed by atoms with van der Waals surface area (Å²) in [7, 11) is 1.20. The molecule has 2 heterocycles. The summed E-state index contributed by atoms with van der Waals surface area (Å²) < 4.78 is 21.5. The summed E-state index contributed by atoms with van der Waals surface area (Å²) in [5.41, 5.74) is -3.04. The van der Waals surface area contributed by atoms with Crippen LogP contribution in [0.25, 0.3) is 0 Å². The van der Waals surface area contributed by atoms with Crippen LogP contribution in [0.15, 0.2) is 34.2 Å². The van der Waals surface area contributed by atoms with E-state index in [2.05, 4.69) is 0 Å². The van der Waals surface area contributed by atoms with Crippen LogP contribution in [0.4, 0.5) is 0 Å². The molecule has 1 saturated carbocycles. The Morgan fingerprint density at radius 2 is 1.92 bits per heavy atom. The van der Waals surface area contributed by atoms with Gasteiger partial charge in [-0.25, -0.2) is 9.59 Å². The molecule has 1 aromatic rings.